The van der Waals surface area contributed by atoms with E-state index in [4.69, 9.17) is 4.74 Å². The molecular formula is C24H25N3O4. The smallest absolute Gasteiger partial charge is 0.340 e. The summed E-state index contributed by atoms with van der Waals surface area (Å²) in [4.78, 5) is 43.0. The highest BCUT2D eigenvalue weighted by molar-refractivity contribution is 6.00. The van der Waals surface area contributed by atoms with E-state index in [2.05, 4.69) is 10.3 Å². The fourth-order valence-electron chi connectivity index (χ4n) is 3.32. The van der Waals surface area contributed by atoms with Gasteiger partial charge in [-0.15, -0.1) is 0 Å². The monoisotopic (exact) mass is 419 g/mol. The lowest BCUT2D eigenvalue weighted by Crippen LogP contribution is -2.23. The van der Waals surface area contributed by atoms with Crippen LogP contribution in [0.4, 0.5) is 5.69 Å². The number of anilines is 1. The molecule has 3 rings (SSSR count). The van der Waals surface area contributed by atoms with Crippen LogP contribution < -0.4 is 5.32 Å². The maximum absolute atomic E-state index is 12.7. The molecule has 0 spiro atoms. The molecule has 0 atom stereocenters. The van der Waals surface area contributed by atoms with Crippen LogP contribution in [0.15, 0.2) is 48.5 Å². The number of pyridine rings is 1. The van der Waals surface area contributed by atoms with Crippen molar-refractivity contribution in [2.45, 2.75) is 20.3 Å². The quantitative estimate of drug-likeness (QED) is 0.617. The molecule has 2 amide bonds. The Labute approximate surface area is 181 Å². The number of aromatic nitrogens is 1. The van der Waals surface area contributed by atoms with E-state index in [9.17, 15) is 14.4 Å². The number of amides is 2. The van der Waals surface area contributed by atoms with Crippen molar-refractivity contribution in [3.63, 3.8) is 0 Å². The van der Waals surface area contributed by atoms with E-state index >= 15 is 0 Å². The van der Waals surface area contributed by atoms with Crippen molar-refractivity contribution < 1.29 is 19.1 Å². The first-order valence-electron chi connectivity index (χ1n) is 9.98. The van der Waals surface area contributed by atoms with Crippen molar-refractivity contribution in [1.82, 2.24) is 9.88 Å². The molecular weight excluding hydrogens is 394 g/mol. The standard InChI is InChI=1S/C24H25N3O4/c1-5-19-22(15(2)18-8-6-7-9-20(18)26-19)24(30)31-14-21(28)25-17-12-10-16(11-13-17)23(29)27(3)4/h6-13H,5,14H2,1-4H3,(H,25,28). The van der Waals surface area contributed by atoms with Crippen LogP contribution in [0.3, 0.4) is 0 Å². The second-order valence-corrected chi connectivity index (χ2v) is 7.33. The SMILES string of the molecule is CCc1nc2ccccc2c(C)c1C(=O)OCC(=O)Nc1ccc(C(=O)N(C)C)cc1. The molecule has 0 saturated heterocycles. The molecule has 2 aromatic carbocycles. The zero-order valence-corrected chi connectivity index (χ0v) is 18.1. The Morgan fingerprint density at radius 1 is 1.03 bits per heavy atom. The normalized spacial score (nSPS) is 10.6. The number of hydrogen-bond acceptors (Lipinski definition) is 5. The first-order valence-corrected chi connectivity index (χ1v) is 9.98. The number of carbonyl (C=O) groups excluding carboxylic acids is 3. The molecule has 0 radical (unpaired) electrons. The highest BCUT2D eigenvalue weighted by atomic mass is 16.5. The number of carbonyl (C=O) groups is 3. The molecule has 160 valence electrons. The number of benzene rings is 2. The molecule has 1 aromatic heterocycles. The second kappa shape index (κ2) is 9.38. The summed E-state index contributed by atoms with van der Waals surface area (Å²) in [6.45, 7) is 3.35. The summed E-state index contributed by atoms with van der Waals surface area (Å²) in [5.74, 6) is -1.17. The molecule has 7 nitrogen and oxygen atoms in total. The molecule has 3 aromatic rings. The number of hydrogen-bond donors (Lipinski definition) is 1. The van der Waals surface area contributed by atoms with Crippen LogP contribution in [-0.4, -0.2) is 48.4 Å². The van der Waals surface area contributed by atoms with Crippen molar-refractivity contribution in [1.29, 1.82) is 0 Å². The zero-order chi connectivity index (χ0) is 22.5. The van der Waals surface area contributed by atoms with Gasteiger partial charge in [0.25, 0.3) is 11.8 Å². The van der Waals surface area contributed by atoms with Crippen LogP contribution in [0.1, 0.15) is 38.9 Å². The van der Waals surface area contributed by atoms with Crippen LogP contribution in [-0.2, 0) is 16.0 Å². The lowest BCUT2D eigenvalue weighted by Gasteiger charge is -2.13. The summed E-state index contributed by atoms with van der Waals surface area (Å²) < 4.78 is 5.28. The van der Waals surface area contributed by atoms with Gasteiger partial charge < -0.3 is 15.0 Å². The third kappa shape index (κ3) is 4.88. The van der Waals surface area contributed by atoms with Crippen molar-refractivity contribution in [3.05, 3.63) is 70.9 Å². The number of rotatable bonds is 6. The Morgan fingerprint density at radius 3 is 2.35 bits per heavy atom. The largest absolute Gasteiger partial charge is 0.452 e. The summed E-state index contributed by atoms with van der Waals surface area (Å²) in [6, 6.07) is 14.1. The van der Waals surface area contributed by atoms with Crippen LogP contribution in [0.5, 0.6) is 0 Å². The van der Waals surface area contributed by atoms with E-state index in [1.54, 1.807) is 38.4 Å². The van der Waals surface area contributed by atoms with E-state index in [0.717, 1.165) is 16.5 Å². The number of fused-ring (bicyclic) bond motifs is 1. The summed E-state index contributed by atoms with van der Waals surface area (Å²) >= 11 is 0. The van der Waals surface area contributed by atoms with Gasteiger partial charge in [0.05, 0.1) is 16.8 Å². The number of ether oxygens (including phenoxy) is 1. The van der Waals surface area contributed by atoms with Gasteiger partial charge in [-0.3, -0.25) is 14.6 Å². The van der Waals surface area contributed by atoms with Gasteiger partial charge in [0.2, 0.25) is 0 Å². The molecule has 1 N–H and O–H groups in total. The van der Waals surface area contributed by atoms with Crippen molar-refractivity contribution in [2.75, 3.05) is 26.0 Å². The number of aryl methyl sites for hydroxylation is 2. The summed E-state index contributed by atoms with van der Waals surface area (Å²) in [7, 11) is 3.34. The van der Waals surface area contributed by atoms with Gasteiger partial charge in [-0.05, 0) is 49.2 Å². The molecule has 0 saturated carbocycles. The van der Waals surface area contributed by atoms with Crippen molar-refractivity contribution >= 4 is 34.4 Å². The number of para-hydroxylation sites is 1. The highest BCUT2D eigenvalue weighted by Gasteiger charge is 2.20. The zero-order valence-electron chi connectivity index (χ0n) is 18.1. The maximum Gasteiger partial charge on any atom is 0.340 e. The van der Waals surface area contributed by atoms with E-state index in [0.29, 0.717) is 28.9 Å². The van der Waals surface area contributed by atoms with Crippen LogP contribution in [0.25, 0.3) is 10.9 Å². The van der Waals surface area contributed by atoms with Gasteiger partial charge in [0.1, 0.15) is 0 Å². The molecule has 1 heterocycles. The Morgan fingerprint density at radius 2 is 1.71 bits per heavy atom. The number of nitrogens with one attached hydrogen (secondary N) is 1. The first kappa shape index (κ1) is 22.0. The molecule has 0 aliphatic heterocycles. The molecule has 0 unspecified atom stereocenters. The van der Waals surface area contributed by atoms with Gasteiger partial charge in [0.15, 0.2) is 6.61 Å². The summed E-state index contributed by atoms with van der Waals surface area (Å²) in [5, 5.41) is 3.54. The van der Waals surface area contributed by atoms with Gasteiger partial charge in [0, 0.05) is 30.7 Å². The molecule has 0 bridgehead atoms. The van der Waals surface area contributed by atoms with E-state index in [-0.39, 0.29) is 5.91 Å². The van der Waals surface area contributed by atoms with Gasteiger partial charge in [-0.25, -0.2) is 4.79 Å². The van der Waals surface area contributed by atoms with Crippen LogP contribution in [0, 0.1) is 6.92 Å². The number of esters is 1. The maximum atomic E-state index is 12.7. The average Bonchev–Trinajstić information content (AvgIpc) is 2.77. The van der Waals surface area contributed by atoms with Gasteiger partial charge in [-0.1, -0.05) is 25.1 Å². The molecule has 7 heteroatoms. The lowest BCUT2D eigenvalue weighted by atomic mass is 10.0. The Kier molecular flexibility index (Phi) is 6.65. The van der Waals surface area contributed by atoms with E-state index in [1.807, 2.05) is 38.1 Å². The third-order valence-corrected chi connectivity index (χ3v) is 4.92. The Bertz CT molecular complexity index is 1140. The lowest BCUT2D eigenvalue weighted by molar-refractivity contribution is -0.119. The van der Waals surface area contributed by atoms with Crippen LogP contribution >= 0.6 is 0 Å². The second-order valence-electron chi connectivity index (χ2n) is 7.33. The van der Waals surface area contributed by atoms with Crippen molar-refractivity contribution in [3.8, 4) is 0 Å². The summed E-state index contributed by atoms with van der Waals surface area (Å²) in [6.07, 6.45) is 0.570. The Balaban J connectivity index is 1.67. The average molecular weight is 419 g/mol. The molecule has 0 aliphatic rings. The minimum absolute atomic E-state index is 0.127. The van der Waals surface area contributed by atoms with Crippen LogP contribution in [0.2, 0.25) is 0 Å². The van der Waals surface area contributed by atoms with Gasteiger partial charge in [-0.2, -0.15) is 0 Å². The molecule has 31 heavy (non-hydrogen) atoms. The predicted molar refractivity (Wildman–Crippen MR) is 119 cm³/mol. The fourth-order valence-corrected chi connectivity index (χ4v) is 3.32. The van der Waals surface area contributed by atoms with E-state index < -0.39 is 18.5 Å². The summed E-state index contributed by atoms with van der Waals surface area (Å²) in [5.41, 5.74) is 3.68. The number of nitrogens with zero attached hydrogens (tertiary/aromatic N) is 2. The minimum atomic E-state index is -0.574. The van der Waals surface area contributed by atoms with Gasteiger partial charge >= 0.3 is 5.97 Å². The Hall–Kier alpha value is -3.74. The first-order chi connectivity index (χ1) is 14.8. The fraction of sp³-hybridized carbons (Fsp3) is 0.250. The molecule has 0 fully saturated rings. The minimum Gasteiger partial charge on any atom is -0.452 e. The predicted octanol–water partition coefficient (Wildman–Crippen LogP) is 3.60. The third-order valence-electron chi connectivity index (χ3n) is 4.92. The van der Waals surface area contributed by atoms with Crippen molar-refractivity contribution in [2.24, 2.45) is 0 Å². The van der Waals surface area contributed by atoms with E-state index in [1.165, 1.54) is 4.90 Å². The highest BCUT2D eigenvalue weighted by Crippen LogP contribution is 2.24. The topological polar surface area (TPSA) is 88.6 Å². The molecule has 0 aliphatic carbocycles.